The molecule has 119 heavy (non-hydrogen) atoms. The fraction of sp³-hybridized carbons (Fsp3) is 0.0698. The van der Waals surface area contributed by atoms with E-state index < -0.39 is 85.1 Å². The predicted octanol–water partition coefficient (Wildman–Crippen LogP) is 11.3. The smallest absolute Gasteiger partial charge is 0.410 e. The number of primary sulfonamides is 5. The average molecular weight is 1720 g/mol. The van der Waals surface area contributed by atoms with E-state index in [1.54, 1.807) is 67.0 Å². The Morgan fingerprint density at radius 1 is 0.361 bits per heavy atom. The second-order valence-electron chi connectivity index (χ2n) is 27.0. The highest BCUT2D eigenvalue weighted by Crippen LogP contribution is 2.35. The Bertz CT molecular complexity index is 6700. The maximum absolute atomic E-state index is 12.9. The molecule has 0 spiro atoms. The molecule has 33 heteroatoms. The first-order valence-corrected chi connectivity index (χ1v) is 43.4. The number of aromatic nitrogens is 1. The number of nitrogens with two attached hydrogens (primary N) is 5. The van der Waals surface area contributed by atoms with Crippen molar-refractivity contribution in [3.63, 3.8) is 0 Å². The number of ketones is 8. The quantitative estimate of drug-likeness (QED) is 0.0555. The number of aryl methyl sites for hydroxylation is 2. The number of hydrogen-bond acceptors (Lipinski definition) is 21. The summed E-state index contributed by atoms with van der Waals surface area (Å²) in [5.74, 6) is -3.28. The number of anilines is 1. The summed E-state index contributed by atoms with van der Waals surface area (Å²) >= 11 is 6.20. The van der Waals surface area contributed by atoms with Crippen molar-refractivity contribution in [2.45, 2.75) is 64.0 Å². The van der Waals surface area contributed by atoms with E-state index in [0.717, 1.165) is 44.7 Å². The largest absolute Gasteiger partial charge is 0.417 e. The number of amides is 1. The van der Waals surface area contributed by atoms with Crippen LogP contribution in [0.2, 0.25) is 5.02 Å². The molecule has 4 aliphatic carbocycles. The number of sulfonamides is 5. The Kier molecular flexibility index (Phi) is 26.2. The molecule has 0 saturated heterocycles. The Hall–Kier alpha value is -13.0. The van der Waals surface area contributed by atoms with Crippen molar-refractivity contribution in [3.05, 3.63) is 366 Å². The van der Waals surface area contributed by atoms with E-state index >= 15 is 0 Å². The van der Waals surface area contributed by atoms with Gasteiger partial charge in [0.15, 0.2) is 46.3 Å². The van der Waals surface area contributed by atoms with E-state index in [1.807, 2.05) is 92.7 Å². The summed E-state index contributed by atoms with van der Waals surface area (Å²) in [7, 11) is -20.3. The van der Waals surface area contributed by atoms with Crippen molar-refractivity contribution >= 4 is 131 Å². The minimum absolute atomic E-state index is 0.0391. The maximum Gasteiger partial charge on any atom is 0.417 e. The van der Waals surface area contributed by atoms with E-state index in [-0.39, 0.29) is 117 Å². The molecule has 10 aromatic carbocycles. The monoisotopic (exact) mass is 1710 g/mol. The summed E-state index contributed by atoms with van der Waals surface area (Å²) in [6, 6.07) is 60.9. The molecule has 27 nitrogen and oxygen atoms in total. The number of benzene rings is 10. The number of nitrogens with one attached hydrogen (secondary N) is 1. The van der Waals surface area contributed by atoms with Gasteiger partial charge < -0.3 is 4.74 Å². The van der Waals surface area contributed by atoms with Gasteiger partial charge in [-0.25, -0.2) is 72.6 Å². The van der Waals surface area contributed by atoms with Crippen LogP contribution in [0.5, 0.6) is 5.75 Å². The van der Waals surface area contributed by atoms with Crippen LogP contribution in [0.4, 0.5) is 10.5 Å². The van der Waals surface area contributed by atoms with Crippen molar-refractivity contribution in [3.8, 4) is 5.75 Å². The van der Waals surface area contributed by atoms with Crippen LogP contribution < -0.4 is 35.7 Å². The third kappa shape index (κ3) is 20.9. The summed E-state index contributed by atoms with van der Waals surface area (Å²) in [6.07, 6.45) is 8.20. The lowest BCUT2D eigenvalue weighted by atomic mass is 9.86. The number of carbonyl (C=O) groups excluding carboxylic acids is 9. The molecule has 11 N–H and O–H groups in total. The normalized spacial score (nSPS) is 13.7. The van der Waals surface area contributed by atoms with Gasteiger partial charge in [0.25, 0.3) is 0 Å². The number of nitrogens with zero attached hydrogens (tertiary/aromatic N) is 1. The van der Waals surface area contributed by atoms with Crippen molar-refractivity contribution in [1.82, 2.24) is 4.98 Å². The first kappa shape index (κ1) is 86.9. The van der Waals surface area contributed by atoms with Crippen molar-refractivity contribution in [1.29, 1.82) is 0 Å². The average Bonchev–Trinajstić information content (AvgIpc) is 0.770. The standard InChI is InChI=1S/C21H15NO4S.C18H14ClNO4S.C17H13NO4S.C16H12N2O4S.C14H14N2O4S/c22-27(25,26)19-7-3-6-17-20(19)18(23)12-16(21(17)24)11-13-8-9-14-4-1-2-5-15(14)10-13;1-10-5-6-11(14(19)7-10)8-12-9-15(21)17-13(18(12)22)3-2-4-16(17)25(20,23)24;18-23(21,22)15-8-4-7-13-16(15)14(19)10-12(17(13)20)9-11-5-2-1-3-6-11;17-23(21,22)14-5-1-4-12-15(14)13(19)8-11(16(12)20)7-10-3-2-6-18-9-10;1-10-6-8-11(9-7-10)20-14(17)16-12-4-2-3-5-13(12)21(15,18)19/h1-10,12H,11H2,(H2,22,25,26);2-7,9H,8H2,1H3,(H2,20,23,24);1-8,10H,9H2,(H2,18,21,22);1-6,8-9H,7H2,(H2,17,21,22);2-9H,1H3,(H,16,17)(H2,15,18,19). The molecule has 0 fully saturated rings. The molecule has 11 aromatic rings. The second-order valence-corrected chi connectivity index (χ2v) is 35.1. The van der Waals surface area contributed by atoms with Crippen molar-refractivity contribution in [2.24, 2.45) is 25.7 Å². The number of allylic oxidation sites excluding steroid dienone is 8. The number of halogens is 1. The zero-order valence-corrected chi connectivity index (χ0v) is 67.4. The van der Waals surface area contributed by atoms with Gasteiger partial charge in [0, 0.05) is 87.6 Å². The molecule has 1 aromatic heterocycles. The zero-order valence-electron chi connectivity index (χ0n) is 62.6. The molecule has 0 radical (unpaired) electrons. The van der Waals surface area contributed by atoms with Gasteiger partial charge in [-0.2, -0.15) is 0 Å². The predicted molar refractivity (Wildman–Crippen MR) is 443 cm³/mol. The van der Waals surface area contributed by atoms with Crippen LogP contribution in [0, 0.1) is 13.8 Å². The van der Waals surface area contributed by atoms with Gasteiger partial charge >= 0.3 is 6.09 Å². The van der Waals surface area contributed by atoms with Crippen LogP contribution in [0.1, 0.15) is 116 Å². The number of pyridine rings is 1. The van der Waals surface area contributed by atoms with Crippen molar-refractivity contribution in [2.75, 3.05) is 5.32 Å². The molecule has 4 aliphatic rings. The number of ether oxygens (including phenoxy) is 1. The van der Waals surface area contributed by atoms with Crippen LogP contribution in [0.15, 0.2) is 308 Å². The highest BCUT2D eigenvalue weighted by atomic mass is 35.5. The Labute approximate surface area is 687 Å². The second kappa shape index (κ2) is 35.9. The lowest BCUT2D eigenvalue weighted by Gasteiger charge is -2.17. The molecule has 15 rings (SSSR count). The van der Waals surface area contributed by atoms with Gasteiger partial charge in [-0.15, -0.1) is 0 Å². The molecule has 0 aliphatic heterocycles. The molecule has 1 heterocycles. The maximum atomic E-state index is 12.9. The van der Waals surface area contributed by atoms with Crippen LogP contribution in [0.25, 0.3) is 10.8 Å². The number of hydrogen-bond donors (Lipinski definition) is 6. The lowest BCUT2D eigenvalue weighted by Crippen LogP contribution is -2.23. The van der Waals surface area contributed by atoms with E-state index in [1.165, 1.54) is 109 Å². The fourth-order valence-electron chi connectivity index (χ4n) is 13.0. The van der Waals surface area contributed by atoms with E-state index in [4.69, 9.17) is 42.0 Å². The number of carbonyl (C=O) groups is 9. The van der Waals surface area contributed by atoms with E-state index in [2.05, 4.69) is 10.3 Å². The van der Waals surface area contributed by atoms with Gasteiger partial charge in [-0.3, -0.25) is 48.7 Å². The highest BCUT2D eigenvalue weighted by molar-refractivity contribution is 7.90. The summed E-state index contributed by atoms with van der Waals surface area (Å²) in [5, 5.41) is 30.7. The topological polar surface area (TPSA) is 489 Å². The number of para-hydroxylation sites is 1. The Balaban J connectivity index is 0.000000146. The van der Waals surface area contributed by atoms with Gasteiger partial charge in [0.05, 0.1) is 47.5 Å². The van der Waals surface area contributed by atoms with Gasteiger partial charge in [-0.1, -0.05) is 181 Å². The number of rotatable bonds is 15. The summed E-state index contributed by atoms with van der Waals surface area (Å²) in [6.45, 7) is 3.81. The Morgan fingerprint density at radius 2 is 0.731 bits per heavy atom. The van der Waals surface area contributed by atoms with Crippen LogP contribution in [-0.2, 0) is 75.8 Å². The first-order valence-electron chi connectivity index (χ1n) is 35.3. The zero-order chi connectivity index (χ0) is 86.2. The Morgan fingerprint density at radius 3 is 1.15 bits per heavy atom. The SMILES string of the molecule is Cc1ccc(CC2=CC(=O)c3c(cccc3S(N)(=O)=O)C2=O)c(Cl)c1.Cc1ccc(OC(=O)Nc2ccccc2S(N)(=O)=O)cc1.NS(=O)(=O)c1cccc2c1C(=O)C=C(Cc1ccc3ccccc3c1)C2=O.NS(=O)(=O)c1cccc2c1C(=O)C=C(Cc1ccccc1)C2=O.NS(=O)(=O)c1cccc2c1C(=O)C=C(Cc1cccnc1)C2=O. The minimum atomic E-state index is -4.11. The summed E-state index contributed by atoms with van der Waals surface area (Å²) in [4.78, 5) is 115. The molecular formula is C86H68ClN7O20S5. The van der Waals surface area contributed by atoms with Crippen LogP contribution in [0.3, 0.4) is 0 Å². The molecule has 604 valence electrons. The first-order chi connectivity index (χ1) is 56.1. The van der Waals surface area contributed by atoms with Crippen LogP contribution in [-0.4, -0.2) is 99.4 Å². The van der Waals surface area contributed by atoms with Crippen LogP contribution >= 0.6 is 11.6 Å². The molecular weight excluding hydrogens is 1650 g/mol. The molecule has 0 bridgehead atoms. The summed E-state index contributed by atoms with van der Waals surface area (Å²) in [5.41, 5.74) is 6.21. The number of Topliss-reactive ketones (excluding diaryl/α,β-unsaturated/α-hetero) is 4. The molecule has 1 amide bonds. The van der Waals surface area contributed by atoms with Gasteiger partial charge in [-0.05, 0) is 137 Å². The molecule has 0 unspecified atom stereocenters. The highest BCUT2D eigenvalue weighted by Gasteiger charge is 2.36. The van der Waals surface area contributed by atoms with Gasteiger partial charge in [0.1, 0.15) is 10.6 Å². The van der Waals surface area contributed by atoms with Crippen molar-refractivity contribution < 1.29 is 90.0 Å². The minimum Gasteiger partial charge on any atom is -0.410 e. The van der Waals surface area contributed by atoms with Gasteiger partial charge in [0.2, 0.25) is 50.1 Å². The lowest BCUT2D eigenvalue weighted by molar-refractivity contribution is 0.0980. The van der Waals surface area contributed by atoms with E-state index in [0.29, 0.717) is 39.5 Å². The number of fused-ring (bicyclic) bond motifs is 5. The fourth-order valence-corrected chi connectivity index (χ4v) is 17.1. The van der Waals surface area contributed by atoms with E-state index in [9.17, 15) is 85.2 Å². The third-order valence-corrected chi connectivity index (χ3v) is 23.6. The third-order valence-electron chi connectivity index (χ3n) is 18.5. The summed E-state index contributed by atoms with van der Waals surface area (Å²) < 4.78 is 121. The molecule has 0 atom stereocenters. The molecule has 0 saturated carbocycles.